The van der Waals surface area contributed by atoms with Crippen LogP contribution in [0.1, 0.15) is 11.1 Å². The fraction of sp³-hybridized carbons (Fsp3) is 0.0909. The van der Waals surface area contributed by atoms with Crippen LogP contribution in [-0.2, 0) is 6.54 Å². The lowest BCUT2D eigenvalue weighted by Gasteiger charge is -2.28. The molecule has 0 saturated heterocycles. The summed E-state index contributed by atoms with van der Waals surface area (Å²) in [6, 6.07) is 27.7. The van der Waals surface area contributed by atoms with E-state index in [9.17, 15) is 0 Å². The number of hydrogen-bond donors (Lipinski definition) is 0. The third-order valence-corrected chi connectivity index (χ3v) is 5.19. The van der Waals surface area contributed by atoms with E-state index in [-0.39, 0.29) is 0 Å². The number of aryl methyl sites for hydroxylation is 1. The molecule has 4 rings (SSSR count). The Morgan fingerprint density at radius 3 is 2.52 bits per heavy atom. The predicted octanol–water partition coefficient (Wildman–Crippen LogP) is 6.18. The molecule has 0 aliphatic heterocycles. The second kappa shape index (κ2) is 6.77. The van der Waals surface area contributed by atoms with Crippen LogP contribution < -0.4 is 5.01 Å². The van der Waals surface area contributed by atoms with Gasteiger partial charge >= 0.3 is 0 Å². The first-order valence-electron chi connectivity index (χ1n) is 8.36. The fourth-order valence-corrected chi connectivity index (χ4v) is 3.56. The topological polar surface area (TPSA) is 8.17 Å². The van der Waals surface area contributed by atoms with Crippen molar-refractivity contribution in [3.8, 4) is 0 Å². The summed E-state index contributed by atoms with van der Waals surface area (Å²) in [5, 5.41) is 3.56. The SMILES string of the molecule is Cc1cccc(N(Cc2ccccc2Br)n2ccc3ccccc32)c1. The van der Waals surface area contributed by atoms with E-state index in [1.165, 1.54) is 27.7 Å². The van der Waals surface area contributed by atoms with Crippen LogP contribution >= 0.6 is 15.9 Å². The van der Waals surface area contributed by atoms with Crippen molar-refractivity contribution in [2.75, 3.05) is 5.01 Å². The van der Waals surface area contributed by atoms with Crippen LogP contribution in [0.2, 0.25) is 0 Å². The molecule has 124 valence electrons. The van der Waals surface area contributed by atoms with Crippen LogP contribution in [0.5, 0.6) is 0 Å². The van der Waals surface area contributed by atoms with Crippen molar-refractivity contribution in [3.05, 3.63) is 101 Å². The highest BCUT2D eigenvalue weighted by Gasteiger charge is 2.13. The van der Waals surface area contributed by atoms with E-state index in [0.717, 1.165) is 11.0 Å². The smallest absolute Gasteiger partial charge is 0.0698 e. The Morgan fingerprint density at radius 1 is 0.880 bits per heavy atom. The highest BCUT2D eigenvalue weighted by Crippen LogP contribution is 2.26. The van der Waals surface area contributed by atoms with Gasteiger partial charge in [0.15, 0.2) is 0 Å². The molecule has 2 nitrogen and oxygen atoms in total. The molecule has 3 heteroatoms. The lowest BCUT2D eigenvalue weighted by molar-refractivity contribution is 0.711. The number of hydrogen-bond acceptors (Lipinski definition) is 1. The molecule has 0 amide bonds. The molecular weight excluding hydrogens is 372 g/mol. The van der Waals surface area contributed by atoms with Crippen molar-refractivity contribution in [3.63, 3.8) is 0 Å². The van der Waals surface area contributed by atoms with Crippen molar-refractivity contribution < 1.29 is 0 Å². The maximum atomic E-state index is 3.69. The average molecular weight is 391 g/mol. The van der Waals surface area contributed by atoms with Crippen LogP contribution in [0.25, 0.3) is 10.9 Å². The van der Waals surface area contributed by atoms with Gasteiger partial charge in [0.1, 0.15) is 0 Å². The minimum atomic E-state index is 0.781. The van der Waals surface area contributed by atoms with Gasteiger partial charge in [-0.25, -0.2) is 0 Å². The van der Waals surface area contributed by atoms with Gasteiger partial charge in [0, 0.05) is 16.1 Å². The quantitative estimate of drug-likeness (QED) is 0.403. The fourth-order valence-electron chi connectivity index (χ4n) is 3.15. The minimum Gasteiger partial charge on any atom is -0.277 e. The highest BCUT2D eigenvalue weighted by molar-refractivity contribution is 9.10. The predicted molar refractivity (Wildman–Crippen MR) is 109 cm³/mol. The van der Waals surface area contributed by atoms with Crippen molar-refractivity contribution in [2.24, 2.45) is 0 Å². The first-order chi connectivity index (χ1) is 12.2. The summed E-state index contributed by atoms with van der Waals surface area (Å²) in [5.74, 6) is 0. The number of anilines is 1. The molecule has 0 saturated carbocycles. The summed E-state index contributed by atoms with van der Waals surface area (Å²) in [7, 11) is 0. The van der Waals surface area contributed by atoms with E-state index in [1.54, 1.807) is 0 Å². The largest absolute Gasteiger partial charge is 0.277 e. The summed E-state index contributed by atoms with van der Waals surface area (Å²) in [5.41, 5.74) is 4.89. The molecule has 0 spiro atoms. The standard InChI is InChI=1S/C22H19BrN2/c1-17-7-6-10-20(15-17)25(16-19-9-2-4-11-21(19)23)24-14-13-18-8-3-5-12-22(18)24/h2-15H,16H2,1H3. The molecule has 0 aliphatic rings. The van der Waals surface area contributed by atoms with Crippen LogP contribution in [-0.4, -0.2) is 4.68 Å². The molecule has 0 radical (unpaired) electrons. The average Bonchev–Trinajstić information content (AvgIpc) is 3.05. The Morgan fingerprint density at radius 2 is 1.68 bits per heavy atom. The number of nitrogens with zero attached hydrogens (tertiary/aromatic N) is 2. The zero-order valence-corrected chi connectivity index (χ0v) is 15.6. The zero-order valence-electron chi connectivity index (χ0n) is 14.1. The Balaban J connectivity index is 1.85. The van der Waals surface area contributed by atoms with Crippen LogP contribution in [0.4, 0.5) is 5.69 Å². The van der Waals surface area contributed by atoms with E-state index in [4.69, 9.17) is 0 Å². The Labute approximate surface area is 156 Å². The van der Waals surface area contributed by atoms with E-state index in [0.29, 0.717) is 0 Å². The summed E-state index contributed by atoms with van der Waals surface area (Å²) >= 11 is 3.69. The van der Waals surface area contributed by atoms with Crippen molar-refractivity contribution in [2.45, 2.75) is 13.5 Å². The van der Waals surface area contributed by atoms with E-state index >= 15 is 0 Å². The van der Waals surface area contributed by atoms with Gasteiger partial charge in [-0.15, -0.1) is 0 Å². The first kappa shape index (κ1) is 16.0. The summed E-state index contributed by atoms with van der Waals surface area (Å²) in [6.07, 6.45) is 2.14. The lowest BCUT2D eigenvalue weighted by atomic mass is 10.2. The Kier molecular flexibility index (Phi) is 4.33. The maximum absolute atomic E-state index is 3.69. The number of rotatable bonds is 4. The van der Waals surface area contributed by atoms with Gasteiger partial charge in [-0.3, -0.25) is 9.69 Å². The van der Waals surface area contributed by atoms with E-state index in [1.807, 2.05) is 0 Å². The van der Waals surface area contributed by atoms with E-state index < -0.39 is 0 Å². The number of aromatic nitrogens is 1. The monoisotopic (exact) mass is 390 g/mol. The number of fused-ring (bicyclic) bond motifs is 1. The number of halogens is 1. The number of benzene rings is 3. The molecule has 0 fully saturated rings. The molecule has 1 aromatic heterocycles. The molecule has 1 heterocycles. The first-order valence-corrected chi connectivity index (χ1v) is 9.16. The van der Waals surface area contributed by atoms with Gasteiger partial charge in [0.05, 0.1) is 17.7 Å². The molecule has 0 bridgehead atoms. The maximum Gasteiger partial charge on any atom is 0.0698 e. The van der Waals surface area contributed by atoms with Gasteiger partial charge in [-0.2, -0.15) is 0 Å². The molecule has 3 aromatic carbocycles. The second-order valence-corrected chi connectivity index (χ2v) is 7.06. The molecule has 0 unspecified atom stereocenters. The Bertz CT molecular complexity index is 1020. The van der Waals surface area contributed by atoms with Gasteiger partial charge in [0.2, 0.25) is 0 Å². The number of para-hydroxylation sites is 1. The van der Waals surface area contributed by atoms with Gasteiger partial charge in [-0.05, 0) is 48.4 Å². The minimum absolute atomic E-state index is 0.781. The third-order valence-electron chi connectivity index (χ3n) is 4.42. The van der Waals surface area contributed by atoms with Crippen molar-refractivity contribution in [1.29, 1.82) is 0 Å². The van der Waals surface area contributed by atoms with Crippen molar-refractivity contribution in [1.82, 2.24) is 4.68 Å². The molecule has 4 aromatic rings. The zero-order chi connectivity index (χ0) is 17.2. The molecule has 0 aliphatic carbocycles. The van der Waals surface area contributed by atoms with Crippen LogP contribution in [0, 0.1) is 6.92 Å². The van der Waals surface area contributed by atoms with Crippen LogP contribution in [0.15, 0.2) is 89.5 Å². The molecule has 0 atom stereocenters. The van der Waals surface area contributed by atoms with Crippen LogP contribution in [0.3, 0.4) is 0 Å². The normalized spacial score (nSPS) is 11.0. The highest BCUT2D eigenvalue weighted by atomic mass is 79.9. The van der Waals surface area contributed by atoms with Crippen molar-refractivity contribution >= 4 is 32.5 Å². The van der Waals surface area contributed by atoms with Gasteiger partial charge in [-0.1, -0.05) is 64.5 Å². The lowest BCUT2D eigenvalue weighted by Crippen LogP contribution is -2.28. The Hall–Kier alpha value is -2.52. The van der Waals surface area contributed by atoms with E-state index in [2.05, 4.69) is 118 Å². The summed E-state index contributed by atoms with van der Waals surface area (Å²) in [6.45, 7) is 2.91. The molecule has 25 heavy (non-hydrogen) atoms. The van der Waals surface area contributed by atoms with Gasteiger partial charge < -0.3 is 0 Å². The molecular formula is C22H19BrN2. The molecule has 0 N–H and O–H groups in total. The van der Waals surface area contributed by atoms with Gasteiger partial charge in [0.25, 0.3) is 0 Å². The summed E-state index contributed by atoms with van der Waals surface area (Å²) in [4.78, 5) is 0. The third kappa shape index (κ3) is 3.20. The second-order valence-electron chi connectivity index (χ2n) is 6.21. The summed E-state index contributed by atoms with van der Waals surface area (Å²) < 4.78 is 3.37.